The third-order valence-corrected chi connectivity index (χ3v) is 3.04. The summed E-state index contributed by atoms with van der Waals surface area (Å²) < 4.78 is 10.5. The summed E-state index contributed by atoms with van der Waals surface area (Å²) in [5.74, 6) is -0.0140. The van der Waals surface area contributed by atoms with Crippen LogP contribution >= 0.6 is 0 Å². The molecule has 0 spiro atoms. The average Bonchev–Trinajstić information content (AvgIpc) is 2.58. The third-order valence-electron chi connectivity index (χ3n) is 3.04. The van der Waals surface area contributed by atoms with Crippen LogP contribution in [-0.2, 0) is 9.53 Å². The highest BCUT2D eigenvalue weighted by Crippen LogP contribution is 2.28. The SMILES string of the molecule is CCCOc1ccc(/C=C/C(=O)NCCCOCC)cc1[N+](=O)[O-]. The van der Waals surface area contributed by atoms with Crippen molar-refractivity contribution in [2.75, 3.05) is 26.4 Å². The van der Waals surface area contributed by atoms with Crippen molar-refractivity contribution in [2.24, 2.45) is 0 Å². The number of nitro groups is 1. The smallest absolute Gasteiger partial charge is 0.311 e. The highest BCUT2D eigenvalue weighted by atomic mass is 16.6. The van der Waals surface area contributed by atoms with E-state index in [1.54, 1.807) is 12.1 Å². The second-order valence-corrected chi connectivity index (χ2v) is 5.01. The fourth-order valence-electron chi connectivity index (χ4n) is 1.88. The molecule has 0 radical (unpaired) electrons. The monoisotopic (exact) mass is 336 g/mol. The van der Waals surface area contributed by atoms with Gasteiger partial charge in [-0.05, 0) is 37.5 Å². The van der Waals surface area contributed by atoms with Crippen molar-refractivity contribution in [3.05, 3.63) is 40.0 Å². The van der Waals surface area contributed by atoms with Gasteiger partial charge in [0.25, 0.3) is 0 Å². The van der Waals surface area contributed by atoms with Gasteiger partial charge in [0, 0.05) is 31.9 Å². The summed E-state index contributed by atoms with van der Waals surface area (Å²) in [5, 5.41) is 13.8. The Kier molecular flexibility index (Phi) is 9.14. The summed E-state index contributed by atoms with van der Waals surface area (Å²) >= 11 is 0. The van der Waals surface area contributed by atoms with Gasteiger partial charge in [0.2, 0.25) is 5.91 Å². The molecule has 0 aliphatic carbocycles. The summed E-state index contributed by atoms with van der Waals surface area (Å²) in [5.41, 5.74) is 0.456. The molecule has 0 aliphatic heterocycles. The Morgan fingerprint density at radius 2 is 2.12 bits per heavy atom. The standard InChI is InChI=1S/C17H24N2O5/c1-3-11-24-16-8-6-14(13-15(16)19(21)22)7-9-17(20)18-10-5-12-23-4-2/h6-9,13H,3-5,10-12H2,1-2H3,(H,18,20)/b9-7+. The lowest BCUT2D eigenvalue weighted by molar-refractivity contribution is -0.385. The zero-order valence-electron chi connectivity index (χ0n) is 14.1. The summed E-state index contributed by atoms with van der Waals surface area (Å²) in [6, 6.07) is 4.62. The average molecular weight is 336 g/mol. The Bertz CT molecular complexity index is 572. The zero-order valence-corrected chi connectivity index (χ0v) is 14.1. The number of ether oxygens (including phenoxy) is 2. The van der Waals surface area contributed by atoms with Crippen molar-refractivity contribution < 1.29 is 19.2 Å². The van der Waals surface area contributed by atoms with Crippen LogP contribution in [0.4, 0.5) is 5.69 Å². The molecule has 0 aliphatic rings. The number of carbonyl (C=O) groups is 1. The van der Waals surface area contributed by atoms with Gasteiger partial charge in [-0.15, -0.1) is 0 Å². The van der Waals surface area contributed by atoms with E-state index in [9.17, 15) is 14.9 Å². The van der Waals surface area contributed by atoms with Crippen molar-refractivity contribution in [2.45, 2.75) is 26.7 Å². The maximum Gasteiger partial charge on any atom is 0.311 e. The van der Waals surface area contributed by atoms with Gasteiger partial charge in [0.15, 0.2) is 5.75 Å². The summed E-state index contributed by atoms with van der Waals surface area (Å²) in [6.45, 7) is 6.04. The molecule has 0 heterocycles. The lowest BCUT2D eigenvalue weighted by Gasteiger charge is -2.06. The van der Waals surface area contributed by atoms with E-state index in [0.717, 1.165) is 12.8 Å². The van der Waals surface area contributed by atoms with Crippen LogP contribution in [0.1, 0.15) is 32.3 Å². The van der Waals surface area contributed by atoms with Crippen LogP contribution in [0.3, 0.4) is 0 Å². The summed E-state index contributed by atoms with van der Waals surface area (Å²) in [6.07, 6.45) is 4.39. The number of hydrogen-bond donors (Lipinski definition) is 1. The maximum absolute atomic E-state index is 11.7. The number of amides is 1. The quantitative estimate of drug-likeness (QED) is 0.290. The molecule has 1 aromatic rings. The molecule has 7 heteroatoms. The highest BCUT2D eigenvalue weighted by Gasteiger charge is 2.15. The molecule has 0 bridgehead atoms. The van der Waals surface area contributed by atoms with Crippen molar-refractivity contribution in [3.63, 3.8) is 0 Å². The van der Waals surface area contributed by atoms with Gasteiger partial charge in [0.1, 0.15) is 0 Å². The third kappa shape index (κ3) is 7.23. The Balaban J connectivity index is 2.61. The van der Waals surface area contributed by atoms with Gasteiger partial charge in [-0.3, -0.25) is 14.9 Å². The van der Waals surface area contributed by atoms with E-state index in [0.29, 0.717) is 31.9 Å². The van der Waals surface area contributed by atoms with Crippen molar-refractivity contribution >= 4 is 17.7 Å². The van der Waals surface area contributed by atoms with Gasteiger partial charge >= 0.3 is 5.69 Å². The first-order chi connectivity index (χ1) is 11.6. The minimum Gasteiger partial charge on any atom is -0.487 e. The topological polar surface area (TPSA) is 90.7 Å². The molecule has 24 heavy (non-hydrogen) atoms. The summed E-state index contributed by atoms with van der Waals surface area (Å²) in [4.78, 5) is 22.3. The predicted molar refractivity (Wildman–Crippen MR) is 92.0 cm³/mol. The largest absolute Gasteiger partial charge is 0.487 e. The molecule has 1 rings (SSSR count). The first-order valence-electron chi connectivity index (χ1n) is 8.03. The molecule has 1 N–H and O–H groups in total. The number of carbonyl (C=O) groups excluding carboxylic acids is 1. The van der Waals surface area contributed by atoms with Crippen molar-refractivity contribution in [1.29, 1.82) is 0 Å². The Hall–Kier alpha value is -2.41. The van der Waals surface area contributed by atoms with Crippen molar-refractivity contribution in [3.8, 4) is 5.75 Å². The van der Waals surface area contributed by atoms with Crippen LogP contribution in [0.5, 0.6) is 5.75 Å². The molecule has 0 fully saturated rings. The number of hydrogen-bond acceptors (Lipinski definition) is 5. The molecule has 0 unspecified atom stereocenters. The molecule has 0 saturated heterocycles. The second kappa shape index (κ2) is 11.2. The van der Waals surface area contributed by atoms with Gasteiger partial charge in [0.05, 0.1) is 11.5 Å². The number of benzene rings is 1. The van der Waals surface area contributed by atoms with Gasteiger partial charge < -0.3 is 14.8 Å². The van der Waals surface area contributed by atoms with E-state index in [1.165, 1.54) is 18.2 Å². The highest BCUT2D eigenvalue weighted by molar-refractivity contribution is 5.91. The lowest BCUT2D eigenvalue weighted by atomic mass is 10.1. The molecule has 1 amide bonds. The molecule has 0 saturated carbocycles. The molecule has 132 valence electrons. The maximum atomic E-state index is 11.7. The second-order valence-electron chi connectivity index (χ2n) is 5.01. The fourth-order valence-corrected chi connectivity index (χ4v) is 1.88. The van der Waals surface area contributed by atoms with Crippen LogP contribution < -0.4 is 10.1 Å². The Labute approximate surface area is 141 Å². The molecule has 7 nitrogen and oxygen atoms in total. The van der Waals surface area contributed by atoms with Crippen LogP contribution in [0.2, 0.25) is 0 Å². The first-order valence-corrected chi connectivity index (χ1v) is 8.03. The summed E-state index contributed by atoms with van der Waals surface area (Å²) in [7, 11) is 0. The van der Waals surface area contributed by atoms with E-state index in [-0.39, 0.29) is 17.3 Å². The molecule has 0 atom stereocenters. The number of nitrogens with one attached hydrogen (secondary N) is 1. The van der Waals surface area contributed by atoms with E-state index < -0.39 is 4.92 Å². The zero-order chi connectivity index (χ0) is 17.8. The van der Waals surface area contributed by atoms with Gasteiger partial charge in [-0.1, -0.05) is 13.0 Å². The van der Waals surface area contributed by atoms with Crippen LogP contribution in [0, 0.1) is 10.1 Å². The predicted octanol–water partition coefficient (Wildman–Crippen LogP) is 2.94. The van der Waals surface area contributed by atoms with Crippen LogP contribution in [0.25, 0.3) is 6.08 Å². The molecular formula is C17H24N2O5. The molecule has 1 aromatic carbocycles. The van der Waals surface area contributed by atoms with Crippen LogP contribution in [0.15, 0.2) is 24.3 Å². The van der Waals surface area contributed by atoms with Gasteiger partial charge in [-0.2, -0.15) is 0 Å². The van der Waals surface area contributed by atoms with E-state index in [2.05, 4.69) is 5.32 Å². The van der Waals surface area contributed by atoms with E-state index in [1.807, 2.05) is 13.8 Å². The minimum absolute atomic E-state index is 0.109. The molecular weight excluding hydrogens is 312 g/mol. The Morgan fingerprint density at radius 3 is 2.79 bits per heavy atom. The van der Waals surface area contributed by atoms with Gasteiger partial charge in [-0.25, -0.2) is 0 Å². The van der Waals surface area contributed by atoms with Crippen LogP contribution in [-0.4, -0.2) is 37.2 Å². The first kappa shape index (κ1) is 19.6. The molecule has 0 aromatic heterocycles. The normalized spacial score (nSPS) is 10.8. The Morgan fingerprint density at radius 1 is 1.33 bits per heavy atom. The lowest BCUT2D eigenvalue weighted by Crippen LogP contribution is -2.23. The number of rotatable bonds is 11. The van der Waals surface area contributed by atoms with E-state index >= 15 is 0 Å². The van der Waals surface area contributed by atoms with Crippen molar-refractivity contribution in [1.82, 2.24) is 5.32 Å². The fraction of sp³-hybridized carbons (Fsp3) is 0.471. The number of nitro benzene ring substituents is 1. The minimum atomic E-state index is -0.490. The number of nitrogens with zero attached hydrogens (tertiary/aromatic N) is 1. The van der Waals surface area contributed by atoms with E-state index in [4.69, 9.17) is 9.47 Å².